The van der Waals surface area contributed by atoms with Gasteiger partial charge in [-0.3, -0.25) is 4.57 Å². The van der Waals surface area contributed by atoms with Gasteiger partial charge in [0.15, 0.2) is 17.0 Å². The molecule has 28 heavy (non-hydrogen) atoms. The number of furan rings is 1. The second kappa shape index (κ2) is 7.72. The van der Waals surface area contributed by atoms with E-state index in [9.17, 15) is 0 Å². The normalized spacial score (nSPS) is 20.8. The molecule has 1 unspecified atom stereocenters. The summed E-state index contributed by atoms with van der Waals surface area (Å²) in [5.74, 6) is 1.69. The van der Waals surface area contributed by atoms with Crippen LogP contribution in [0.3, 0.4) is 0 Å². The van der Waals surface area contributed by atoms with Crippen molar-refractivity contribution in [3.63, 3.8) is 0 Å². The number of aromatic nitrogens is 4. The molecule has 5 rings (SSSR count). The predicted octanol–water partition coefficient (Wildman–Crippen LogP) is 4.72. The predicted molar refractivity (Wildman–Crippen MR) is 106 cm³/mol. The number of halogens is 1. The second-order valence-electron chi connectivity index (χ2n) is 7.61. The molecule has 148 valence electrons. The van der Waals surface area contributed by atoms with Gasteiger partial charge in [0.1, 0.15) is 12.0 Å². The highest BCUT2D eigenvalue weighted by molar-refractivity contribution is 6.28. The first kappa shape index (κ1) is 17.9. The van der Waals surface area contributed by atoms with Crippen LogP contribution < -0.4 is 4.90 Å². The van der Waals surface area contributed by atoms with Crippen molar-refractivity contribution in [3.8, 4) is 0 Å². The number of anilines is 1. The standard InChI is InChI=1S/C20H24ClN5O2/c21-20-23-18(25(14-6-1-2-7-14)12-15-8-5-11-27-15)17-19(24-20)26(13-22-17)16-9-3-4-10-28-16/h5,8,11,13-14,16H,1-4,6-7,9-10,12H2. The Morgan fingerprint density at radius 3 is 2.75 bits per heavy atom. The van der Waals surface area contributed by atoms with E-state index in [4.69, 9.17) is 20.8 Å². The van der Waals surface area contributed by atoms with Crippen molar-refractivity contribution in [1.82, 2.24) is 19.5 Å². The van der Waals surface area contributed by atoms with Crippen molar-refractivity contribution >= 4 is 28.6 Å². The Bertz CT molecular complexity index is 930. The molecule has 2 aliphatic rings. The molecule has 4 heterocycles. The van der Waals surface area contributed by atoms with E-state index in [1.807, 2.05) is 23.0 Å². The van der Waals surface area contributed by atoms with Crippen molar-refractivity contribution < 1.29 is 9.15 Å². The molecule has 1 atom stereocenters. The third kappa shape index (κ3) is 3.37. The van der Waals surface area contributed by atoms with Crippen LogP contribution in [-0.4, -0.2) is 32.2 Å². The highest BCUT2D eigenvalue weighted by Gasteiger charge is 2.29. The zero-order chi connectivity index (χ0) is 18.9. The third-order valence-corrected chi connectivity index (χ3v) is 5.95. The summed E-state index contributed by atoms with van der Waals surface area (Å²) in [6.45, 7) is 1.41. The molecule has 3 aromatic heterocycles. The highest BCUT2D eigenvalue weighted by atomic mass is 35.5. The van der Waals surface area contributed by atoms with Gasteiger partial charge >= 0.3 is 0 Å². The van der Waals surface area contributed by atoms with Gasteiger partial charge in [-0.05, 0) is 55.8 Å². The fraction of sp³-hybridized carbons (Fsp3) is 0.550. The Kier molecular flexibility index (Phi) is 4.94. The van der Waals surface area contributed by atoms with Gasteiger partial charge < -0.3 is 14.1 Å². The smallest absolute Gasteiger partial charge is 0.226 e. The van der Waals surface area contributed by atoms with Crippen molar-refractivity contribution in [2.45, 2.75) is 63.8 Å². The number of fused-ring (bicyclic) bond motifs is 1. The number of ether oxygens (including phenoxy) is 1. The average Bonchev–Trinajstić information content (AvgIpc) is 3.47. The van der Waals surface area contributed by atoms with Crippen LogP contribution in [-0.2, 0) is 11.3 Å². The first-order valence-electron chi connectivity index (χ1n) is 10.1. The van der Waals surface area contributed by atoms with Crippen LogP contribution in [0.5, 0.6) is 0 Å². The van der Waals surface area contributed by atoms with Crippen LogP contribution in [0.25, 0.3) is 11.2 Å². The summed E-state index contributed by atoms with van der Waals surface area (Å²) in [4.78, 5) is 16.1. The van der Waals surface area contributed by atoms with E-state index in [2.05, 4.69) is 19.9 Å². The molecule has 0 bridgehead atoms. The molecule has 0 radical (unpaired) electrons. The average molecular weight is 402 g/mol. The molecule has 8 heteroatoms. The minimum atomic E-state index is -0.0393. The van der Waals surface area contributed by atoms with Crippen molar-refractivity contribution in [3.05, 3.63) is 35.8 Å². The molecular weight excluding hydrogens is 378 g/mol. The van der Waals surface area contributed by atoms with Crippen LogP contribution in [0.4, 0.5) is 5.82 Å². The Morgan fingerprint density at radius 2 is 2.00 bits per heavy atom. The summed E-state index contributed by atoms with van der Waals surface area (Å²) in [5, 5.41) is 0.238. The Hall–Kier alpha value is -2.12. The molecular formula is C20H24ClN5O2. The SMILES string of the molecule is Clc1nc(N(Cc2ccco2)C2CCCC2)c2ncn(C3CCCCO3)c2n1. The van der Waals surface area contributed by atoms with Crippen LogP contribution in [0.2, 0.25) is 5.28 Å². The first-order valence-corrected chi connectivity index (χ1v) is 10.5. The van der Waals surface area contributed by atoms with Gasteiger partial charge in [0.05, 0.1) is 19.1 Å². The number of nitrogens with zero attached hydrogens (tertiary/aromatic N) is 5. The summed E-state index contributed by atoms with van der Waals surface area (Å²) in [5.41, 5.74) is 1.52. The maximum absolute atomic E-state index is 6.37. The second-order valence-corrected chi connectivity index (χ2v) is 7.95. The lowest BCUT2D eigenvalue weighted by Crippen LogP contribution is -2.33. The van der Waals surface area contributed by atoms with Crippen molar-refractivity contribution in [1.29, 1.82) is 0 Å². The van der Waals surface area contributed by atoms with E-state index < -0.39 is 0 Å². The summed E-state index contributed by atoms with van der Waals surface area (Å²) < 4.78 is 13.6. The number of rotatable bonds is 5. The van der Waals surface area contributed by atoms with E-state index in [0.717, 1.165) is 61.5 Å². The largest absolute Gasteiger partial charge is 0.467 e. The molecule has 0 aromatic carbocycles. The lowest BCUT2D eigenvalue weighted by Gasteiger charge is -2.29. The molecule has 0 amide bonds. The molecule has 1 saturated carbocycles. The van der Waals surface area contributed by atoms with Crippen molar-refractivity contribution in [2.75, 3.05) is 11.5 Å². The minimum Gasteiger partial charge on any atom is -0.467 e. The maximum atomic E-state index is 6.37. The van der Waals surface area contributed by atoms with Crippen LogP contribution in [0, 0.1) is 0 Å². The number of hydrogen-bond donors (Lipinski definition) is 0. The molecule has 3 aromatic rings. The minimum absolute atomic E-state index is 0.0393. The van der Waals surface area contributed by atoms with Gasteiger partial charge in [0.2, 0.25) is 5.28 Å². The van der Waals surface area contributed by atoms with Crippen molar-refractivity contribution in [2.24, 2.45) is 0 Å². The van der Waals surface area contributed by atoms with Crippen LogP contribution in [0.15, 0.2) is 29.1 Å². The molecule has 1 saturated heterocycles. The summed E-state index contributed by atoms with van der Waals surface area (Å²) in [6, 6.07) is 4.31. The summed E-state index contributed by atoms with van der Waals surface area (Å²) in [7, 11) is 0. The van der Waals surface area contributed by atoms with Gasteiger partial charge in [-0.1, -0.05) is 12.8 Å². The quantitative estimate of drug-likeness (QED) is 0.576. The monoisotopic (exact) mass is 401 g/mol. The summed E-state index contributed by atoms with van der Waals surface area (Å²) in [6.07, 6.45) is 11.4. The first-order chi connectivity index (χ1) is 13.8. The van der Waals surface area contributed by atoms with E-state index in [-0.39, 0.29) is 11.5 Å². The van der Waals surface area contributed by atoms with Gasteiger partial charge in [-0.2, -0.15) is 9.97 Å². The van der Waals surface area contributed by atoms with Gasteiger partial charge in [0.25, 0.3) is 0 Å². The molecule has 1 aliphatic carbocycles. The maximum Gasteiger partial charge on any atom is 0.226 e. The van der Waals surface area contributed by atoms with Gasteiger partial charge in [0, 0.05) is 12.6 Å². The van der Waals surface area contributed by atoms with Crippen LogP contribution in [0.1, 0.15) is 56.9 Å². The third-order valence-electron chi connectivity index (χ3n) is 5.79. The van der Waals surface area contributed by atoms with E-state index in [1.165, 1.54) is 12.8 Å². The van der Waals surface area contributed by atoms with Gasteiger partial charge in [-0.15, -0.1) is 0 Å². The molecule has 0 N–H and O–H groups in total. The molecule has 0 spiro atoms. The zero-order valence-corrected chi connectivity index (χ0v) is 16.5. The lowest BCUT2D eigenvalue weighted by molar-refractivity contribution is -0.0298. The molecule has 7 nitrogen and oxygen atoms in total. The number of imidazole rings is 1. The Morgan fingerprint density at radius 1 is 1.14 bits per heavy atom. The van der Waals surface area contributed by atoms with E-state index in [0.29, 0.717) is 12.6 Å². The number of hydrogen-bond acceptors (Lipinski definition) is 6. The van der Waals surface area contributed by atoms with Gasteiger partial charge in [-0.25, -0.2) is 4.98 Å². The highest BCUT2D eigenvalue weighted by Crippen LogP contribution is 2.34. The van der Waals surface area contributed by atoms with E-state index >= 15 is 0 Å². The fourth-order valence-electron chi connectivity index (χ4n) is 4.39. The Balaban J connectivity index is 1.58. The Labute approximate surface area is 168 Å². The topological polar surface area (TPSA) is 69.2 Å². The van der Waals surface area contributed by atoms with E-state index in [1.54, 1.807) is 6.26 Å². The molecule has 2 fully saturated rings. The fourth-order valence-corrected chi connectivity index (χ4v) is 4.55. The van der Waals surface area contributed by atoms with Crippen LogP contribution >= 0.6 is 11.6 Å². The zero-order valence-electron chi connectivity index (χ0n) is 15.8. The lowest BCUT2D eigenvalue weighted by atomic mass is 10.2. The molecule has 1 aliphatic heterocycles. The summed E-state index contributed by atoms with van der Waals surface area (Å²) >= 11 is 6.37.